The van der Waals surface area contributed by atoms with Gasteiger partial charge < -0.3 is 8.98 Å². The summed E-state index contributed by atoms with van der Waals surface area (Å²) in [6.07, 6.45) is 0. The topological polar surface area (TPSA) is 48.2 Å². The number of hydrogen-bond acceptors (Lipinski definition) is 4. The number of thiophene rings is 1. The Morgan fingerprint density at radius 1 is 0.549 bits per heavy atom. The Kier molecular flexibility index (Phi) is 5.83. The van der Waals surface area contributed by atoms with Gasteiger partial charge in [-0.05, 0) is 77.0 Å². The van der Waals surface area contributed by atoms with Crippen LogP contribution in [0.15, 0.2) is 150 Å². The molecule has 0 saturated heterocycles. The van der Waals surface area contributed by atoms with E-state index in [0.717, 1.165) is 49.6 Å². The summed E-state index contributed by atoms with van der Waals surface area (Å²) in [6, 6.07) is 50.5. The molecule has 0 amide bonds. The zero-order valence-electron chi connectivity index (χ0n) is 27.0. The van der Waals surface area contributed by atoms with Gasteiger partial charge in [-0.1, -0.05) is 84.9 Å². The average Bonchev–Trinajstić information content (AvgIpc) is 3.85. The molecular weight excluding hydrogens is 645 g/mol. The Morgan fingerprint density at radius 2 is 1.27 bits per heavy atom. The highest BCUT2D eigenvalue weighted by Gasteiger charge is 2.21. The summed E-state index contributed by atoms with van der Waals surface area (Å²) in [6.45, 7) is 8.20. The highest BCUT2D eigenvalue weighted by Crippen LogP contribution is 2.42. The van der Waals surface area contributed by atoms with E-state index < -0.39 is 0 Å². The summed E-state index contributed by atoms with van der Waals surface area (Å²) >= 11 is 1.77. The van der Waals surface area contributed by atoms with Crippen LogP contribution in [0.2, 0.25) is 0 Å². The number of benzene rings is 7. The molecule has 5 nitrogen and oxygen atoms in total. The first kappa shape index (κ1) is 28.1. The summed E-state index contributed by atoms with van der Waals surface area (Å²) in [5.41, 5.74) is 8.68. The molecule has 11 aromatic rings. The molecular formula is C45H24N4OS. The third-order valence-corrected chi connectivity index (χ3v) is 11.1. The Labute approximate surface area is 295 Å². The summed E-state index contributed by atoms with van der Waals surface area (Å²) in [7, 11) is 0. The molecule has 11 rings (SSSR count). The number of rotatable bonds is 3. The summed E-state index contributed by atoms with van der Waals surface area (Å²) in [5.74, 6) is 0. The van der Waals surface area contributed by atoms with Crippen molar-refractivity contribution in [3.05, 3.63) is 157 Å². The molecule has 0 aliphatic carbocycles. The number of furan rings is 1. The van der Waals surface area contributed by atoms with Gasteiger partial charge in [-0.25, -0.2) is 14.8 Å². The first-order valence-electron chi connectivity index (χ1n) is 16.8. The number of aromatic nitrogens is 3. The molecule has 0 N–H and O–H groups in total. The van der Waals surface area contributed by atoms with Crippen LogP contribution < -0.4 is 0 Å². The van der Waals surface area contributed by atoms with Crippen LogP contribution in [0.1, 0.15) is 0 Å². The molecule has 0 saturated carbocycles. The maximum atomic E-state index is 8.20. The first-order chi connectivity index (χ1) is 25.2. The molecule has 4 aromatic heterocycles. The van der Waals surface area contributed by atoms with Gasteiger partial charge in [0.1, 0.15) is 16.8 Å². The van der Waals surface area contributed by atoms with Crippen molar-refractivity contribution < 1.29 is 4.42 Å². The van der Waals surface area contributed by atoms with Crippen LogP contribution >= 0.6 is 11.3 Å². The van der Waals surface area contributed by atoms with Crippen LogP contribution in [0.4, 0.5) is 5.69 Å². The van der Waals surface area contributed by atoms with Crippen molar-refractivity contribution in [1.82, 2.24) is 14.5 Å². The highest BCUT2D eigenvalue weighted by atomic mass is 32.1. The normalized spacial score (nSPS) is 11.9. The van der Waals surface area contributed by atoms with Crippen molar-refractivity contribution >= 4 is 92.0 Å². The van der Waals surface area contributed by atoms with Crippen molar-refractivity contribution in [3.63, 3.8) is 0 Å². The summed E-state index contributed by atoms with van der Waals surface area (Å²) < 4.78 is 11.0. The fourth-order valence-corrected chi connectivity index (χ4v) is 8.80. The van der Waals surface area contributed by atoms with Gasteiger partial charge in [0.05, 0.1) is 23.3 Å². The van der Waals surface area contributed by atoms with E-state index in [1.807, 2.05) is 36.4 Å². The molecule has 0 radical (unpaired) electrons. The lowest BCUT2D eigenvalue weighted by molar-refractivity contribution is 0.653. The maximum Gasteiger partial charge on any atom is 0.246 e. The van der Waals surface area contributed by atoms with E-state index in [9.17, 15) is 0 Å². The van der Waals surface area contributed by atoms with E-state index in [1.54, 1.807) is 11.3 Å². The zero-order chi connectivity index (χ0) is 33.6. The van der Waals surface area contributed by atoms with Crippen molar-refractivity contribution in [1.29, 1.82) is 0 Å². The van der Waals surface area contributed by atoms with Crippen LogP contribution in [0, 0.1) is 6.57 Å². The lowest BCUT2D eigenvalue weighted by Gasteiger charge is -2.14. The molecule has 0 aliphatic heterocycles. The Morgan fingerprint density at radius 3 is 2.16 bits per heavy atom. The minimum Gasteiger partial charge on any atom is -0.436 e. The smallest absolute Gasteiger partial charge is 0.246 e. The Hall–Kier alpha value is -6.81. The van der Waals surface area contributed by atoms with Gasteiger partial charge in [0, 0.05) is 47.6 Å². The van der Waals surface area contributed by atoms with E-state index in [4.69, 9.17) is 21.0 Å². The molecule has 0 spiro atoms. The molecule has 4 heterocycles. The maximum absolute atomic E-state index is 8.20. The quantitative estimate of drug-likeness (QED) is 0.176. The standard InChI is InChI=1S/C45H24N4OS/c1-46-30-20-29(21-31(25-30)49-37-15-7-4-12-32(37)36-22-26-10-2-3-11-27(26)23-38(36)49)43-42(48-45-44(47-43)35-14-5-8-16-39(35)50-45)28-18-19-34-33-13-6-9-17-40(33)51-41(34)24-28/h2-25H. The predicted octanol–water partition coefficient (Wildman–Crippen LogP) is 12.9. The summed E-state index contributed by atoms with van der Waals surface area (Å²) in [4.78, 5) is 14.5. The van der Waals surface area contributed by atoms with Gasteiger partial charge in [-0.2, -0.15) is 0 Å². The van der Waals surface area contributed by atoms with Gasteiger partial charge in [0.2, 0.25) is 5.71 Å². The largest absolute Gasteiger partial charge is 0.436 e. The van der Waals surface area contributed by atoms with E-state index in [0.29, 0.717) is 28.3 Å². The van der Waals surface area contributed by atoms with E-state index in [-0.39, 0.29) is 0 Å². The minimum atomic E-state index is 0.488. The number of nitrogens with zero attached hydrogens (tertiary/aromatic N) is 4. The van der Waals surface area contributed by atoms with Crippen LogP contribution in [-0.4, -0.2) is 14.5 Å². The fraction of sp³-hybridized carbons (Fsp3) is 0. The van der Waals surface area contributed by atoms with E-state index in [2.05, 4.69) is 119 Å². The van der Waals surface area contributed by atoms with Crippen LogP contribution in [0.5, 0.6) is 0 Å². The van der Waals surface area contributed by atoms with E-state index in [1.165, 1.54) is 30.9 Å². The monoisotopic (exact) mass is 668 g/mol. The van der Waals surface area contributed by atoms with Crippen LogP contribution in [0.3, 0.4) is 0 Å². The molecule has 0 atom stereocenters. The lowest BCUT2D eigenvalue weighted by Crippen LogP contribution is -1.98. The van der Waals surface area contributed by atoms with Crippen molar-refractivity contribution in [2.24, 2.45) is 0 Å². The zero-order valence-corrected chi connectivity index (χ0v) is 27.8. The van der Waals surface area contributed by atoms with Gasteiger partial charge in [0.15, 0.2) is 5.69 Å². The highest BCUT2D eigenvalue weighted by molar-refractivity contribution is 7.25. The molecule has 7 aromatic carbocycles. The third-order valence-electron chi connectivity index (χ3n) is 9.97. The second-order valence-corrected chi connectivity index (χ2v) is 14.0. The predicted molar refractivity (Wildman–Crippen MR) is 211 cm³/mol. The third kappa shape index (κ3) is 4.19. The van der Waals surface area contributed by atoms with Gasteiger partial charge >= 0.3 is 0 Å². The van der Waals surface area contributed by atoms with E-state index >= 15 is 0 Å². The van der Waals surface area contributed by atoms with Crippen molar-refractivity contribution in [3.8, 4) is 28.2 Å². The average molecular weight is 669 g/mol. The molecule has 51 heavy (non-hydrogen) atoms. The first-order valence-corrected chi connectivity index (χ1v) is 17.6. The lowest BCUT2D eigenvalue weighted by atomic mass is 10.0. The van der Waals surface area contributed by atoms with Gasteiger partial charge in [-0.3, -0.25) is 0 Å². The van der Waals surface area contributed by atoms with Gasteiger partial charge in [-0.15, -0.1) is 11.3 Å². The second kappa shape index (κ2) is 10.6. The second-order valence-electron chi connectivity index (χ2n) is 12.9. The SMILES string of the molecule is [C-]#[N+]c1cc(-c2nc3c(nc2-c2ccc4c(c2)sc2ccccc24)oc2ccccc23)cc(-n2c3ccccc3c3cc4ccccc4cc32)c1. The van der Waals surface area contributed by atoms with Crippen molar-refractivity contribution in [2.45, 2.75) is 0 Å². The van der Waals surface area contributed by atoms with Crippen molar-refractivity contribution in [2.75, 3.05) is 0 Å². The molecule has 0 unspecified atom stereocenters. The number of para-hydroxylation sites is 2. The minimum absolute atomic E-state index is 0.488. The fourth-order valence-electron chi connectivity index (χ4n) is 7.66. The molecule has 0 fully saturated rings. The molecule has 236 valence electrons. The Bertz CT molecular complexity index is 3290. The van der Waals surface area contributed by atoms with Gasteiger partial charge in [0.25, 0.3) is 0 Å². The Balaban J connectivity index is 1.21. The molecule has 0 aliphatic rings. The molecule has 6 heteroatoms. The number of hydrogen-bond donors (Lipinski definition) is 0. The number of fused-ring (bicyclic) bond motifs is 10. The van der Waals surface area contributed by atoms with Crippen LogP contribution in [0.25, 0.3) is 108 Å². The molecule has 0 bridgehead atoms. The summed E-state index contributed by atoms with van der Waals surface area (Å²) in [5, 5.41) is 8.06. The van der Waals surface area contributed by atoms with Crippen LogP contribution in [-0.2, 0) is 0 Å².